The Balaban J connectivity index is 1.83. The van der Waals surface area contributed by atoms with E-state index in [1.165, 1.54) is 18.2 Å². The van der Waals surface area contributed by atoms with Crippen molar-refractivity contribution in [1.29, 1.82) is 0 Å². The number of pyridine rings is 1. The van der Waals surface area contributed by atoms with E-state index in [0.29, 0.717) is 59.4 Å². The highest BCUT2D eigenvalue weighted by Gasteiger charge is 2.28. The number of hydrogen-bond acceptors (Lipinski definition) is 5. The number of hydrogen-bond donors (Lipinski definition) is 1. The largest absolute Gasteiger partial charge is 0.386 e. The number of nitrogens with zero attached hydrogens (tertiary/aromatic N) is 5. The van der Waals surface area contributed by atoms with Crippen LogP contribution in [0, 0.1) is 24.4 Å². The summed E-state index contributed by atoms with van der Waals surface area (Å²) in [5.41, 5.74) is 2.84. The quantitative estimate of drug-likeness (QED) is 0.190. The maximum atomic E-state index is 15.9. The topological polar surface area (TPSA) is 78.0 Å². The highest BCUT2D eigenvalue weighted by Crippen LogP contribution is 2.40. The van der Waals surface area contributed by atoms with Crippen molar-refractivity contribution in [3.05, 3.63) is 76.9 Å². The van der Waals surface area contributed by atoms with Gasteiger partial charge in [0.15, 0.2) is 0 Å². The van der Waals surface area contributed by atoms with Gasteiger partial charge in [0.2, 0.25) is 0 Å². The molecule has 0 radical (unpaired) electrons. The Morgan fingerprint density at radius 2 is 1.80 bits per heavy atom. The fourth-order valence-corrected chi connectivity index (χ4v) is 5.47. The van der Waals surface area contributed by atoms with Crippen LogP contribution >= 0.6 is 0 Å². The molecular formula is C31H34F3N5O2. The van der Waals surface area contributed by atoms with E-state index in [0.717, 1.165) is 18.2 Å². The highest BCUT2D eigenvalue weighted by molar-refractivity contribution is 6.07. The Morgan fingerprint density at radius 1 is 1.02 bits per heavy atom. The van der Waals surface area contributed by atoms with Gasteiger partial charge in [-0.3, -0.25) is 4.98 Å². The normalized spacial score (nSPS) is 13.0. The average molecular weight is 566 g/mol. The van der Waals surface area contributed by atoms with Crippen LogP contribution in [0.15, 0.2) is 42.6 Å². The predicted octanol–water partition coefficient (Wildman–Crippen LogP) is 6.73. The van der Waals surface area contributed by atoms with E-state index in [-0.39, 0.29) is 10.9 Å². The molecule has 0 amide bonds. The zero-order valence-electron chi connectivity index (χ0n) is 23.9. The molecule has 0 aliphatic carbocycles. The van der Waals surface area contributed by atoms with Gasteiger partial charge in [0.05, 0.1) is 45.0 Å². The summed E-state index contributed by atoms with van der Waals surface area (Å²) in [4.78, 5) is 4.68. The van der Waals surface area contributed by atoms with Crippen LogP contribution in [0.25, 0.3) is 33.2 Å². The second-order valence-electron chi connectivity index (χ2n) is 11.0. The van der Waals surface area contributed by atoms with Crippen LogP contribution in [-0.4, -0.2) is 42.9 Å². The maximum Gasteiger partial charge on any atom is 0.135 e. The van der Waals surface area contributed by atoms with Crippen LogP contribution in [0.3, 0.4) is 0 Å². The molecule has 216 valence electrons. The zero-order chi connectivity index (χ0) is 29.5. The van der Waals surface area contributed by atoms with Crippen LogP contribution in [0.4, 0.5) is 13.2 Å². The summed E-state index contributed by atoms with van der Waals surface area (Å²) in [6, 6.07) is 7.77. The van der Waals surface area contributed by atoms with Gasteiger partial charge in [-0.15, -0.1) is 5.10 Å². The third-order valence-corrected chi connectivity index (χ3v) is 7.42. The van der Waals surface area contributed by atoms with E-state index in [2.05, 4.69) is 15.3 Å². The van der Waals surface area contributed by atoms with Crippen LogP contribution in [-0.2, 0) is 17.4 Å². The summed E-state index contributed by atoms with van der Waals surface area (Å²) in [5.74, 6) is -1.93. The number of benzene rings is 2. The zero-order valence-corrected chi connectivity index (χ0v) is 23.9. The SMILES string of the molecule is CCCOCCCC(c1ccc(F)cc1F)n1c2cc(-c3c(C)nnn3C)cnc2c2c(F)cc(C(C)(C)O)cc21. The van der Waals surface area contributed by atoms with Crippen molar-refractivity contribution < 1.29 is 23.0 Å². The summed E-state index contributed by atoms with van der Waals surface area (Å²) < 4.78 is 54.5. The standard InChI is InChI=1S/C31H34F3N5O2/c1-6-11-41-12-7-8-25(22-10-9-21(32)16-23(22)33)39-26-15-20(31(3,4)40)14-24(34)28(26)29-27(39)13-19(17-35-29)30-18(2)36-37-38(30)5/h9-10,13-17,25,40H,6-8,11-12H2,1-5H3. The van der Waals surface area contributed by atoms with Crippen molar-refractivity contribution in [3.8, 4) is 11.3 Å². The van der Waals surface area contributed by atoms with Crippen molar-refractivity contribution in [2.75, 3.05) is 13.2 Å². The lowest BCUT2D eigenvalue weighted by atomic mass is 9.96. The minimum atomic E-state index is -1.34. The van der Waals surface area contributed by atoms with E-state index in [4.69, 9.17) is 4.74 Å². The first kappa shape index (κ1) is 28.8. The summed E-state index contributed by atoms with van der Waals surface area (Å²) in [6.07, 6.45) is 3.52. The first-order chi connectivity index (χ1) is 19.5. The minimum absolute atomic E-state index is 0.258. The van der Waals surface area contributed by atoms with Gasteiger partial charge in [-0.25, -0.2) is 17.9 Å². The lowest BCUT2D eigenvalue weighted by molar-refractivity contribution is 0.0784. The van der Waals surface area contributed by atoms with E-state index in [1.807, 2.05) is 24.5 Å². The number of aromatic nitrogens is 5. The number of aryl methyl sites for hydroxylation is 2. The third kappa shape index (κ3) is 5.46. The number of rotatable bonds is 10. The van der Waals surface area contributed by atoms with E-state index >= 15 is 8.78 Å². The van der Waals surface area contributed by atoms with E-state index in [1.54, 1.807) is 37.8 Å². The predicted molar refractivity (Wildman–Crippen MR) is 152 cm³/mol. The van der Waals surface area contributed by atoms with Crippen LogP contribution in [0.1, 0.15) is 62.9 Å². The Bertz CT molecular complexity index is 1700. The lowest BCUT2D eigenvalue weighted by Gasteiger charge is -2.24. The molecule has 10 heteroatoms. The Hall–Kier alpha value is -3.76. The summed E-state index contributed by atoms with van der Waals surface area (Å²) in [6.45, 7) is 8.08. The summed E-state index contributed by atoms with van der Waals surface area (Å²) in [7, 11) is 1.78. The number of halogens is 3. The fraction of sp³-hybridized carbons (Fsp3) is 0.387. The number of ether oxygens (including phenoxy) is 1. The third-order valence-electron chi connectivity index (χ3n) is 7.42. The highest BCUT2D eigenvalue weighted by atomic mass is 19.1. The van der Waals surface area contributed by atoms with Gasteiger partial charge in [0, 0.05) is 43.7 Å². The van der Waals surface area contributed by atoms with Crippen molar-refractivity contribution in [1.82, 2.24) is 24.5 Å². The Morgan fingerprint density at radius 3 is 2.46 bits per heavy atom. The van der Waals surface area contributed by atoms with Gasteiger partial charge in [-0.2, -0.15) is 0 Å². The first-order valence-electron chi connectivity index (χ1n) is 13.8. The Kier molecular flexibility index (Phi) is 7.89. The lowest BCUT2D eigenvalue weighted by Crippen LogP contribution is -2.17. The molecule has 0 aliphatic heterocycles. The second-order valence-corrected chi connectivity index (χ2v) is 11.0. The monoisotopic (exact) mass is 565 g/mol. The van der Waals surface area contributed by atoms with Gasteiger partial charge < -0.3 is 14.4 Å². The smallest absolute Gasteiger partial charge is 0.135 e. The van der Waals surface area contributed by atoms with Crippen LogP contribution in [0.5, 0.6) is 0 Å². The van der Waals surface area contributed by atoms with Gasteiger partial charge in [-0.1, -0.05) is 18.2 Å². The van der Waals surface area contributed by atoms with Gasteiger partial charge in [0.25, 0.3) is 0 Å². The summed E-state index contributed by atoms with van der Waals surface area (Å²) in [5, 5.41) is 19.3. The molecule has 0 aliphatic rings. The molecule has 0 saturated heterocycles. The van der Waals surface area contributed by atoms with Gasteiger partial charge in [-0.05, 0) is 69.9 Å². The molecule has 1 N–H and O–H groups in total. The molecule has 0 bridgehead atoms. The van der Waals surface area contributed by atoms with Crippen LogP contribution in [0.2, 0.25) is 0 Å². The molecule has 1 atom stereocenters. The molecule has 0 spiro atoms. The van der Waals surface area contributed by atoms with E-state index < -0.39 is 29.1 Å². The average Bonchev–Trinajstić information content (AvgIpc) is 3.42. The van der Waals surface area contributed by atoms with Gasteiger partial charge >= 0.3 is 0 Å². The molecule has 7 nitrogen and oxygen atoms in total. The molecule has 1 unspecified atom stereocenters. The molecule has 2 aromatic carbocycles. The van der Waals surface area contributed by atoms with Crippen molar-refractivity contribution in [2.45, 2.75) is 58.6 Å². The second kappa shape index (κ2) is 11.3. The number of fused-ring (bicyclic) bond motifs is 3. The van der Waals surface area contributed by atoms with Crippen molar-refractivity contribution >= 4 is 21.9 Å². The molecule has 41 heavy (non-hydrogen) atoms. The van der Waals surface area contributed by atoms with Gasteiger partial charge in [0.1, 0.15) is 17.5 Å². The molecule has 3 aromatic heterocycles. The molecule has 0 saturated carbocycles. The number of aliphatic hydroxyl groups is 1. The van der Waals surface area contributed by atoms with Crippen LogP contribution < -0.4 is 0 Å². The molecule has 5 aromatic rings. The van der Waals surface area contributed by atoms with E-state index in [9.17, 15) is 9.50 Å². The summed E-state index contributed by atoms with van der Waals surface area (Å²) >= 11 is 0. The van der Waals surface area contributed by atoms with Crippen molar-refractivity contribution in [3.63, 3.8) is 0 Å². The molecular weight excluding hydrogens is 531 g/mol. The Labute approximate surface area is 236 Å². The molecule has 0 fully saturated rings. The maximum absolute atomic E-state index is 15.9. The molecule has 5 rings (SSSR count). The molecule has 3 heterocycles. The minimum Gasteiger partial charge on any atom is -0.386 e. The first-order valence-corrected chi connectivity index (χ1v) is 13.8. The van der Waals surface area contributed by atoms with Crippen molar-refractivity contribution in [2.24, 2.45) is 7.05 Å². The fourth-order valence-electron chi connectivity index (χ4n) is 5.47.